The molecule has 102 valence electrons. The third-order valence-corrected chi connectivity index (χ3v) is 4.49. The van der Waals surface area contributed by atoms with E-state index in [4.69, 9.17) is 11.6 Å². The molecule has 0 spiro atoms. The molecule has 2 heterocycles. The molecule has 0 saturated carbocycles. The first-order valence-corrected chi connectivity index (χ1v) is 7.93. The molecule has 0 saturated heterocycles. The van der Waals surface area contributed by atoms with E-state index in [-0.39, 0.29) is 0 Å². The average molecular weight is 295 g/mol. The van der Waals surface area contributed by atoms with Crippen molar-refractivity contribution in [2.45, 2.75) is 32.2 Å². The van der Waals surface area contributed by atoms with E-state index >= 15 is 0 Å². The average Bonchev–Trinajstić information content (AvgIpc) is 2.86. The van der Waals surface area contributed by atoms with Crippen LogP contribution in [0.3, 0.4) is 0 Å². The maximum Gasteiger partial charge on any atom is 0.0561 e. The lowest BCUT2D eigenvalue weighted by atomic mass is 10.1. The third-order valence-electron chi connectivity index (χ3n) is 3.02. The van der Waals surface area contributed by atoms with Crippen molar-refractivity contribution in [3.63, 3.8) is 0 Å². The van der Waals surface area contributed by atoms with Gasteiger partial charge in [0.15, 0.2) is 0 Å². The zero-order chi connectivity index (χ0) is 13.5. The van der Waals surface area contributed by atoms with Gasteiger partial charge in [-0.25, -0.2) is 0 Å². The maximum atomic E-state index is 6.25. The minimum atomic E-state index is 0.328. The number of nitrogens with one attached hydrogen (secondary N) is 1. The van der Waals surface area contributed by atoms with E-state index in [1.54, 1.807) is 11.3 Å². The smallest absolute Gasteiger partial charge is 0.0561 e. The molecule has 2 aromatic heterocycles. The number of nitrogens with zero attached hydrogens (tertiary/aromatic N) is 1. The Morgan fingerprint density at radius 2 is 2.26 bits per heavy atom. The molecule has 0 fully saturated rings. The monoisotopic (exact) mass is 294 g/mol. The highest BCUT2D eigenvalue weighted by Gasteiger charge is 2.15. The zero-order valence-corrected chi connectivity index (χ0v) is 12.7. The molecule has 4 heteroatoms. The van der Waals surface area contributed by atoms with E-state index in [1.165, 1.54) is 4.88 Å². The van der Waals surface area contributed by atoms with E-state index in [0.29, 0.717) is 6.04 Å². The van der Waals surface area contributed by atoms with Gasteiger partial charge < -0.3 is 5.32 Å². The fraction of sp³-hybridized carbons (Fsp3) is 0.400. The molecule has 2 nitrogen and oxygen atoms in total. The Kier molecular flexibility index (Phi) is 5.83. The zero-order valence-electron chi connectivity index (χ0n) is 11.1. The van der Waals surface area contributed by atoms with Gasteiger partial charge in [0.05, 0.1) is 5.02 Å². The molecular formula is C15H19ClN2S. The number of halogens is 1. The van der Waals surface area contributed by atoms with Crippen LogP contribution in [0.5, 0.6) is 0 Å². The topological polar surface area (TPSA) is 24.9 Å². The Hall–Kier alpha value is -0.900. The van der Waals surface area contributed by atoms with Crippen molar-refractivity contribution < 1.29 is 0 Å². The van der Waals surface area contributed by atoms with Gasteiger partial charge in [0.2, 0.25) is 0 Å². The first kappa shape index (κ1) is 14.5. The van der Waals surface area contributed by atoms with Crippen molar-refractivity contribution >= 4 is 22.9 Å². The lowest BCUT2D eigenvalue weighted by molar-refractivity contribution is 0.504. The third kappa shape index (κ3) is 4.30. The van der Waals surface area contributed by atoms with Crippen molar-refractivity contribution in [3.8, 4) is 0 Å². The van der Waals surface area contributed by atoms with Gasteiger partial charge in [-0.1, -0.05) is 24.6 Å². The van der Waals surface area contributed by atoms with Gasteiger partial charge in [-0.05, 0) is 49.4 Å². The minimum absolute atomic E-state index is 0.328. The normalized spacial score (nSPS) is 12.5. The fourth-order valence-electron chi connectivity index (χ4n) is 2.04. The summed E-state index contributed by atoms with van der Waals surface area (Å²) >= 11 is 7.98. The van der Waals surface area contributed by atoms with Crippen LogP contribution in [-0.4, -0.2) is 11.5 Å². The summed E-state index contributed by atoms with van der Waals surface area (Å²) in [6, 6.07) is 8.37. The molecule has 0 amide bonds. The van der Waals surface area contributed by atoms with Gasteiger partial charge in [0, 0.05) is 22.8 Å². The molecule has 1 unspecified atom stereocenters. The Balaban J connectivity index is 2.00. The quantitative estimate of drug-likeness (QED) is 0.815. The summed E-state index contributed by atoms with van der Waals surface area (Å²) in [4.78, 5) is 5.62. The van der Waals surface area contributed by atoms with Crippen LogP contribution in [0.4, 0.5) is 0 Å². The largest absolute Gasteiger partial charge is 0.309 e. The lowest BCUT2D eigenvalue weighted by Crippen LogP contribution is -2.22. The van der Waals surface area contributed by atoms with Crippen LogP contribution in [-0.2, 0) is 6.42 Å². The molecule has 2 aromatic rings. The summed E-state index contributed by atoms with van der Waals surface area (Å²) < 4.78 is 0. The van der Waals surface area contributed by atoms with Crippen molar-refractivity contribution in [1.82, 2.24) is 10.3 Å². The summed E-state index contributed by atoms with van der Waals surface area (Å²) in [7, 11) is 0. The summed E-state index contributed by atoms with van der Waals surface area (Å²) in [5, 5.41) is 6.51. The highest BCUT2D eigenvalue weighted by Crippen LogP contribution is 2.31. The second-order valence-electron chi connectivity index (χ2n) is 4.50. The standard InChI is InChI=1S/C15H19ClN2S/c1-2-9-18-14(15-13(16)8-11-19-15)7-6-12-5-3-4-10-17-12/h3-5,8,10-11,14,18H,2,6-7,9H2,1H3. The van der Waals surface area contributed by atoms with E-state index in [2.05, 4.69) is 28.7 Å². The van der Waals surface area contributed by atoms with E-state index < -0.39 is 0 Å². The fourth-order valence-corrected chi connectivity index (χ4v) is 3.34. The molecule has 0 aliphatic rings. The summed E-state index contributed by atoms with van der Waals surface area (Å²) in [6.07, 6.45) is 4.97. The second kappa shape index (κ2) is 7.63. The second-order valence-corrected chi connectivity index (χ2v) is 5.85. The van der Waals surface area contributed by atoms with Gasteiger partial charge >= 0.3 is 0 Å². The number of aryl methyl sites for hydroxylation is 1. The van der Waals surface area contributed by atoms with Gasteiger partial charge in [-0.2, -0.15) is 0 Å². The lowest BCUT2D eigenvalue weighted by Gasteiger charge is -2.17. The van der Waals surface area contributed by atoms with Crippen LogP contribution in [0.15, 0.2) is 35.8 Å². The Bertz CT molecular complexity index is 484. The molecule has 0 radical (unpaired) electrons. The molecule has 1 N–H and O–H groups in total. The van der Waals surface area contributed by atoms with Gasteiger partial charge in [0.25, 0.3) is 0 Å². The predicted octanol–water partition coefficient (Wildman–Crippen LogP) is 4.47. The van der Waals surface area contributed by atoms with Crippen LogP contribution in [0.25, 0.3) is 0 Å². The predicted molar refractivity (Wildman–Crippen MR) is 82.9 cm³/mol. The first-order valence-electron chi connectivity index (χ1n) is 6.67. The number of thiophene rings is 1. The summed E-state index contributed by atoms with van der Waals surface area (Å²) in [5.74, 6) is 0. The van der Waals surface area contributed by atoms with E-state index in [1.807, 2.05) is 24.4 Å². The van der Waals surface area contributed by atoms with Gasteiger partial charge in [-0.15, -0.1) is 11.3 Å². The molecule has 2 rings (SSSR count). The van der Waals surface area contributed by atoms with Crippen LogP contribution in [0.1, 0.15) is 36.4 Å². The number of pyridine rings is 1. The number of hydrogen-bond acceptors (Lipinski definition) is 3. The van der Waals surface area contributed by atoms with E-state index in [0.717, 1.165) is 36.5 Å². The van der Waals surface area contributed by atoms with Crippen molar-refractivity contribution in [2.24, 2.45) is 0 Å². The van der Waals surface area contributed by atoms with Crippen LogP contribution >= 0.6 is 22.9 Å². The van der Waals surface area contributed by atoms with Crippen molar-refractivity contribution in [1.29, 1.82) is 0 Å². The molecule has 0 aromatic carbocycles. The highest BCUT2D eigenvalue weighted by atomic mass is 35.5. The molecule has 1 atom stereocenters. The highest BCUT2D eigenvalue weighted by molar-refractivity contribution is 7.10. The number of hydrogen-bond donors (Lipinski definition) is 1. The van der Waals surface area contributed by atoms with Crippen molar-refractivity contribution in [3.05, 3.63) is 51.4 Å². The van der Waals surface area contributed by atoms with Gasteiger partial charge in [-0.3, -0.25) is 4.98 Å². The molecule has 0 aliphatic carbocycles. The summed E-state index contributed by atoms with van der Waals surface area (Å²) in [6.45, 7) is 3.19. The Morgan fingerprint density at radius 3 is 2.89 bits per heavy atom. The molecule has 19 heavy (non-hydrogen) atoms. The molecular weight excluding hydrogens is 276 g/mol. The first-order chi connectivity index (χ1) is 9.31. The van der Waals surface area contributed by atoms with E-state index in [9.17, 15) is 0 Å². The Morgan fingerprint density at radius 1 is 1.37 bits per heavy atom. The Labute approximate surface area is 123 Å². The molecule has 0 aliphatic heterocycles. The minimum Gasteiger partial charge on any atom is -0.309 e. The van der Waals surface area contributed by atoms with Crippen molar-refractivity contribution in [2.75, 3.05) is 6.54 Å². The van der Waals surface area contributed by atoms with Crippen LogP contribution in [0, 0.1) is 0 Å². The van der Waals surface area contributed by atoms with Crippen LogP contribution < -0.4 is 5.32 Å². The van der Waals surface area contributed by atoms with Crippen LogP contribution in [0.2, 0.25) is 5.02 Å². The SMILES string of the molecule is CCCNC(CCc1ccccn1)c1sccc1Cl. The van der Waals surface area contributed by atoms with Gasteiger partial charge in [0.1, 0.15) is 0 Å². The number of aromatic nitrogens is 1. The number of rotatable bonds is 7. The molecule has 0 bridgehead atoms. The maximum absolute atomic E-state index is 6.25. The summed E-state index contributed by atoms with van der Waals surface area (Å²) in [5.41, 5.74) is 1.14.